The van der Waals surface area contributed by atoms with Crippen molar-refractivity contribution in [3.8, 4) is 22.9 Å². The van der Waals surface area contributed by atoms with E-state index in [1.165, 1.54) is 19.2 Å². The summed E-state index contributed by atoms with van der Waals surface area (Å²) in [6, 6.07) is 3.47. The fourth-order valence-electron chi connectivity index (χ4n) is 2.52. The zero-order valence-electron chi connectivity index (χ0n) is 16.0. The van der Waals surface area contributed by atoms with Crippen molar-refractivity contribution in [1.29, 1.82) is 0 Å². The lowest BCUT2D eigenvalue weighted by molar-refractivity contribution is -0.0552. The second-order valence-electron chi connectivity index (χ2n) is 5.92. The van der Waals surface area contributed by atoms with Crippen LogP contribution < -0.4 is 9.47 Å². The molecule has 0 saturated heterocycles. The molecular weight excluding hydrogens is 466 g/mol. The number of carbonyl (C=O) groups is 1. The molecule has 3 rings (SSSR count). The Morgan fingerprint density at radius 1 is 1.29 bits per heavy atom. The third-order valence-electron chi connectivity index (χ3n) is 3.83. The molecule has 0 spiro atoms. The van der Waals surface area contributed by atoms with Crippen LogP contribution in [0.5, 0.6) is 11.6 Å². The Hall–Kier alpha value is -2.92. The summed E-state index contributed by atoms with van der Waals surface area (Å²) in [5.74, 6) is -1.72. The standard InChI is InChI=1S/C18H14Cl2F3N3O5/c1-3-28-17(27)12-4-8(31-25-12)7-29-13-5-9(11(21)6-10(13)19)15-14(20)16(26(2)24-15)30-18(22)23/h4-6,18H,3,7H2,1-2H3. The van der Waals surface area contributed by atoms with Crippen molar-refractivity contribution < 1.29 is 36.7 Å². The fraction of sp³-hybridized carbons (Fsp3) is 0.278. The van der Waals surface area contributed by atoms with Gasteiger partial charge in [0.2, 0.25) is 5.88 Å². The molecule has 1 aromatic carbocycles. The van der Waals surface area contributed by atoms with Crippen LogP contribution in [-0.4, -0.2) is 34.1 Å². The zero-order chi connectivity index (χ0) is 22.7. The molecule has 0 fully saturated rings. The van der Waals surface area contributed by atoms with Crippen molar-refractivity contribution in [2.45, 2.75) is 20.1 Å². The maximum atomic E-state index is 14.5. The number of halogens is 5. The Balaban J connectivity index is 1.85. The van der Waals surface area contributed by atoms with Gasteiger partial charge in [-0.15, -0.1) is 0 Å². The molecule has 0 aliphatic carbocycles. The van der Waals surface area contributed by atoms with Gasteiger partial charge in [-0.1, -0.05) is 28.4 Å². The topological polar surface area (TPSA) is 88.6 Å². The summed E-state index contributed by atoms with van der Waals surface area (Å²) in [6.07, 6.45) is 0. The molecule has 0 saturated carbocycles. The summed E-state index contributed by atoms with van der Waals surface area (Å²) in [5.41, 5.74) is -0.352. The number of hydrogen-bond acceptors (Lipinski definition) is 7. The Labute approximate surface area is 183 Å². The normalized spacial score (nSPS) is 11.1. The highest BCUT2D eigenvalue weighted by Crippen LogP contribution is 2.40. The van der Waals surface area contributed by atoms with E-state index in [0.717, 1.165) is 10.7 Å². The van der Waals surface area contributed by atoms with Crippen LogP contribution in [0.3, 0.4) is 0 Å². The van der Waals surface area contributed by atoms with Crippen molar-refractivity contribution in [2.75, 3.05) is 6.61 Å². The molecule has 0 aliphatic heterocycles. The molecule has 166 valence electrons. The molecule has 31 heavy (non-hydrogen) atoms. The molecule has 3 aromatic rings. The highest BCUT2D eigenvalue weighted by Gasteiger charge is 2.24. The van der Waals surface area contributed by atoms with Crippen LogP contribution in [0, 0.1) is 5.82 Å². The van der Waals surface area contributed by atoms with Crippen LogP contribution in [0.25, 0.3) is 11.3 Å². The van der Waals surface area contributed by atoms with E-state index in [2.05, 4.69) is 15.0 Å². The molecule has 0 unspecified atom stereocenters. The molecule has 0 radical (unpaired) electrons. The summed E-state index contributed by atoms with van der Waals surface area (Å²) < 4.78 is 60.2. The summed E-state index contributed by atoms with van der Waals surface area (Å²) >= 11 is 12.1. The molecule has 8 nitrogen and oxygen atoms in total. The number of alkyl halides is 2. The van der Waals surface area contributed by atoms with Crippen LogP contribution in [-0.2, 0) is 18.4 Å². The van der Waals surface area contributed by atoms with E-state index >= 15 is 0 Å². The van der Waals surface area contributed by atoms with Gasteiger partial charge in [0.25, 0.3) is 0 Å². The van der Waals surface area contributed by atoms with Gasteiger partial charge in [0.15, 0.2) is 11.5 Å². The number of esters is 1. The van der Waals surface area contributed by atoms with E-state index in [1.807, 2.05) is 0 Å². The number of aromatic nitrogens is 3. The molecule has 0 aliphatic rings. The van der Waals surface area contributed by atoms with Gasteiger partial charge in [0.1, 0.15) is 28.9 Å². The van der Waals surface area contributed by atoms with Gasteiger partial charge in [-0.2, -0.15) is 13.9 Å². The third-order valence-corrected chi connectivity index (χ3v) is 4.47. The Morgan fingerprint density at radius 2 is 2.03 bits per heavy atom. The van der Waals surface area contributed by atoms with Gasteiger partial charge in [0, 0.05) is 18.7 Å². The SMILES string of the molecule is CCOC(=O)c1cc(COc2cc(-c3nn(C)c(OC(F)F)c3Cl)c(F)cc2Cl)on1. The van der Waals surface area contributed by atoms with E-state index in [-0.39, 0.29) is 51.7 Å². The first-order chi connectivity index (χ1) is 14.7. The van der Waals surface area contributed by atoms with Crippen molar-refractivity contribution in [3.05, 3.63) is 45.5 Å². The molecular formula is C18H14Cl2F3N3O5. The molecule has 0 N–H and O–H groups in total. The Morgan fingerprint density at radius 3 is 2.71 bits per heavy atom. The minimum atomic E-state index is -3.14. The lowest BCUT2D eigenvalue weighted by Crippen LogP contribution is -2.06. The average molecular weight is 480 g/mol. The van der Waals surface area contributed by atoms with Gasteiger partial charge >= 0.3 is 12.6 Å². The van der Waals surface area contributed by atoms with E-state index < -0.39 is 24.3 Å². The smallest absolute Gasteiger partial charge is 0.388 e. The number of carbonyl (C=O) groups excluding carboxylic acids is 1. The largest absolute Gasteiger partial charge is 0.484 e. The molecule has 13 heteroatoms. The van der Waals surface area contributed by atoms with Crippen LogP contribution in [0.1, 0.15) is 23.2 Å². The van der Waals surface area contributed by atoms with E-state index in [0.29, 0.717) is 0 Å². The molecule has 0 amide bonds. The number of nitrogens with zero attached hydrogens (tertiary/aromatic N) is 3. The number of ether oxygens (including phenoxy) is 3. The third kappa shape index (κ3) is 5.05. The van der Waals surface area contributed by atoms with Crippen molar-refractivity contribution >= 4 is 29.2 Å². The Bertz CT molecular complexity index is 1100. The monoisotopic (exact) mass is 479 g/mol. The van der Waals surface area contributed by atoms with Crippen molar-refractivity contribution in [3.63, 3.8) is 0 Å². The quantitative estimate of drug-likeness (QED) is 0.425. The van der Waals surface area contributed by atoms with E-state index in [9.17, 15) is 18.0 Å². The van der Waals surface area contributed by atoms with Crippen molar-refractivity contribution in [2.24, 2.45) is 7.05 Å². The molecule has 0 bridgehead atoms. The van der Waals surface area contributed by atoms with Gasteiger partial charge in [0.05, 0.1) is 11.6 Å². The van der Waals surface area contributed by atoms with Crippen LogP contribution in [0.2, 0.25) is 10.0 Å². The predicted octanol–water partition coefficient (Wildman–Crippen LogP) is 4.88. The van der Waals surface area contributed by atoms with E-state index in [1.54, 1.807) is 6.92 Å². The fourth-order valence-corrected chi connectivity index (χ4v) is 3.03. The number of hydrogen-bond donors (Lipinski definition) is 0. The van der Waals surface area contributed by atoms with Gasteiger partial charge in [-0.25, -0.2) is 13.9 Å². The number of rotatable bonds is 8. The van der Waals surface area contributed by atoms with Crippen LogP contribution >= 0.6 is 23.2 Å². The number of benzene rings is 1. The summed E-state index contributed by atoms with van der Waals surface area (Å²) in [5, 5.41) is 7.10. The first-order valence-electron chi connectivity index (χ1n) is 8.63. The number of aryl methyl sites for hydroxylation is 1. The van der Waals surface area contributed by atoms with Crippen LogP contribution in [0.4, 0.5) is 13.2 Å². The minimum absolute atomic E-state index is 0.0187. The van der Waals surface area contributed by atoms with E-state index in [4.69, 9.17) is 37.2 Å². The predicted molar refractivity (Wildman–Crippen MR) is 102 cm³/mol. The van der Waals surface area contributed by atoms with Gasteiger partial charge < -0.3 is 18.7 Å². The molecule has 2 aromatic heterocycles. The second-order valence-corrected chi connectivity index (χ2v) is 6.71. The lowest BCUT2D eigenvalue weighted by atomic mass is 10.1. The first-order valence-corrected chi connectivity index (χ1v) is 9.39. The maximum absolute atomic E-state index is 14.5. The molecule has 2 heterocycles. The van der Waals surface area contributed by atoms with Gasteiger partial charge in [-0.05, 0) is 19.1 Å². The first kappa shape index (κ1) is 22.8. The minimum Gasteiger partial charge on any atom is -0.484 e. The lowest BCUT2D eigenvalue weighted by Gasteiger charge is -2.09. The average Bonchev–Trinajstić information content (AvgIpc) is 3.28. The highest BCUT2D eigenvalue weighted by atomic mass is 35.5. The highest BCUT2D eigenvalue weighted by molar-refractivity contribution is 6.34. The van der Waals surface area contributed by atoms with Crippen molar-refractivity contribution in [1.82, 2.24) is 14.9 Å². The second kappa shape index (κ2) is 9.48. The summed E-state index contributed by atoms with van der Waals surface area (Å²) in [7, 11) is 1.31. The zero-order valence-corrected chi connectivity index (χ0v) is 17.5. The maximum Gasteiger partial charge on any atom is 0.388 e. The summed E-state index contributed by atoms with van der Waals surface area (Å²) in [4.78, 5) is 11.6. The molecule has 0 atom stereocenters. The summed E-state index contributed by atoms with van der Waals surface area (Å²) in [6.45, 7) is -1.53. The van der Waals surface area contributed by atoms with Crippen LogP contribution in [0.15, 0.2) is 22.7 Å². The Kier molecular flexibility index (Phi) is 6.96. The van der Waals surface area contributed by atoms with Gasteiger partial charge in [-0.3, -0.25) is 0 Å².